The number of nitrogens with one attached hydrogen (secondary N) is 1. The Morgan fingerprint density at radius 3 is 2.53 bits per heavy atom. The Balaban J connectivity index is 0.000000198. The van der Waals surface area contributed by atoms with E-state index < -0.39 is 17.2 Å². The second-order valence-corrected chi connectivity index (χ2v) is 14.0. The first-order valence-corrected chi connectivity index (χ1v) is 16.3. The maximum atomic E-state index is 12.7. The number of benzene rings is 2. The van der Waals surface area contributed by atoms with Crippen LogP contribution in [0.25, 0.3) is 11.1 Å². The van der Waals surface area contributed by atoms with E-state index in [9.17, 15) is 14.4 Å². The van der Waals surface area contributed by atoms with E-state index in [4.69, 9.17) is 10.5 Å². The first-order valence-electron chi connectivity index (χ1n) is 15.4. The van der Waals surface area contributed by atoms with Crippen LogP contribution in [0.2, 0.25) is 0 Å². The Labute approximate surface area is 267 Å². The number of anilines is 1. The Morgan fingerprint density at radius 2 is 1.78 bits per heavy atom. The molecule has 0 saturated carbocycles. The zero-order valence-corrected chi connectivity index (χ0v) is 26.8. The summed E-state index contributed by atoms with van der Waals surface area (Å²) in [5, 5.41) is 2.93. The first-order chi connectivity index (χ1) is 21.6. The smallest absolute Gasteiger partial charge is 0.410 e. The molecule has 0 spiro atoms. The number of ether oxygens (including phenoxy) is 1. The number of thiophene rings is 1. The number of carbonyl (C=O) groups is 2. The second kappa shape index (κ2) is 12.5. The van der Waals surface area contributed by atoms with E-state index in [1.54, 1.807) is 33.6 Å². The van der Waals surface area contributed by atoms with Crippen molar-refractivity contribution in [2.24, 2.45) is 0 Å². The normalized spacial score (nSPS) is 16.3. The molecule has 3 N–H and O–H groups in total. The summed E-state index contributed by atoms with van der Waals surface area (Å²) in [6.45, 7) is 6.94. The molecular weight excluding hydrogens is 586 g/mol. The molecule has 1 aliphatic carbocycles. The van der Waals surface area contributed by atoms with Crippen LogP contribution in [0.15, 0.2) is 65.6 Å². The number of hydrogen-bond acceptors (Lipinski definition) is 7. The van der Waals surface area contributed by atoms with Gasteiger partial charge in [-0.15, -0.1) is 11.3 Å². The van der Waals surface area contributed by atoms with Crippen LogP contribution in [-0.4, -0.2) is 32.1 Å². The van der Waals surface area contributed by atoms with Crippen LogP contribution in [0, 0.1) is 0 Å². The number of nitrogen functional groups attached to an aromatic ring is 1. The van der Waals surface area contributed by atoms with E-state index >= 15 is 0 Å². The molecule has 4 heterocycles. The van der Waals surface area contributed by atoms with Crippen LogP contribution in [0.1, 0.15) is 71.8 Å². The topological polar surface area (TPSA) is 120 Å². The van der Waals surface area contributed by atoms with Crippen LogP contribution in [0.3, 0.4) is 0 Å². The number of aromatic nitrogens is 2. The number of rotatable bonds is 4. The Morgan fingerprint density at radius 1 is 1.00 bits per heavy atom. The zero-order chi connectivity index (χ0) is 31.7. The van der Waals surface area contributed by atoms with Crippen molar-refractivity contribution in [3.8, 4) is 11.1 Å². The summed E-state index contributed by atoms with van der Waals surface area (Å²) < 4.78 is 6.88. The van der Waals surface area contributed by atoms with Crippen molar-refractivity contribution in [1.82, 2.24) is 19.8 Å². The molecule has 1 atom stereocenters. The van der Waals surface area contributed by atoms with E-state index in [0.29, 0.717) is 32.5 Å². The molecule has 234 valence electrons. The minimum atomic E-state index is -0.563. The van der Waals surface area contributed by atoms with Crippen molar-refractivity contribution in [2.45, 2.75) is 84.2 Å². The molecule has 7 rings (SSSR count). The molecule has 0 saturated heterocycles. The van der Waals surface area contributed by atoms with Crippen LogP contribution in [0.4, 0.5) is 10.6 Å². The van der Waals surface area contributed by atoms with Gasteiger partial charge in [-0.25, -0.2) is 9.78 Å². The lowest BCUT2D eigenvalue weighted by Crippen LogP contribution is -2.36. The fourth-order valence-corrected chi connectivity index (χ4v) is 7.29. The highest BCUT2D eigenvalue weighted by Crippen LogP contribution is 2.32. The van der Waals surface area contributed by atoms with E-state index in [-0.39, 0.29) is 17.8 Å². The van der Waals surface area contributed by atoms with Crippen LogP contribution >= 0.6 is 11.3 Å². The summed E-state index contributed by atoms with van der Waals surface area (Å²) in [4.78, 5) is 44.9. The fraction of sp³-hybridized carbons (Fsp3) is 0.371. The monoisotopic (exact) mass is 625 g/mol. The number of amides is 2. The predicted molar refractivity (Wildman–Crippen MR) is 176 cm³/mol. The molecule has 2 amide bonds. The Bertz CT molecular complexity index is 1770. The number of hydrogen-bond donors (Lipinski definition) is 2. The lowest BCUT2D eigenvalue weighted by atomic mass is 10.0. The summed E-state index contributed by atoms with van der Waals surface area (Å²) in [5.41, 5.74) is 12.3. The van der Waals surface area contributed by atoms with Gasteiger partial charge in [-0.3, -0.25) is 19.1 Å². The molecule has 2 aromatic heterocycles. The van der Waals surface area contributed by atoms with Crippen molar-refractivity contribution >= 4 is 29.2 Å². The molecule has 4 aromatic rings. The molecule has 45 heavy (non-hydrogen) atoms. The van der Waals surface area contributed by atoms with E-state index in [0.717, 1.165) is 21.0 Å². The van der Waals surface area contributed by atoms with Gasteiger partial charge in [0.05, 0.1) is 19.6 Å². The summed E-state index contributed by atoms with van der Waals surface area (Å²) in [6.07, 6.45) is 6.27. The predicted octanol–water partition coefficient (Wildman–Crippen LogP) is 5.78. The van der Waals surface area contributed by atoms with Gasteiger partial charge < -0.3 is 15.8 Å². The second-order valence-electron chi connectivity index (χ2n) is 12.8. The van der Waals surface area contributed by atoms with Gasteiger partial charge in [0.25, 0.3) is 5.56 Å². The molecule has 0 fully saturated rings. The maximum Gasteiger partial charge on any atom is 0.410 e. The number of aryl methyl sites for hydroxylation is 3. The lowest BCUT2D eigenvalue weighted by Gasteiger charge is -2.24. The third-order valence-electron chi connectivity index (χ3n) is 8.33. The first kappa shape index (κ1) is 30.6. The molecular formula is C35H39N5O4S. The van der Waals surface area contributed by atoms with Crippen molar-refractivity contribution in [3.63, 3.8) is 0 Å². The van der Waals surface area contributed by atoms with E-state index in [1.807, 2.05) is 26.8 Å². The lowest BCUT2D eigenvalue weighted by molar-refractivity contribution is -0.124. The SMILES string of the molecule is CC(C)(C)OC(=O)N1Cc2cc(CNC(=O)C3CCc4cnc(N)c(=O)n43)sc2C1.c1ccc(-c2ccc3c(c2)CCC3)cc1. The average Bonchev–Trinajstić information content (AvgIpc) is 3.80. The van der Waals surface area contributed by atoms with Crippen LogP contribution in [-0.2, 0) is 48.4 Å². The van der Waals surface area contributed by atoms with Gasteiger partial charge in [0, 0.05) is 21.6 Å². The van der Waals surface area contributed by atoms with Crippen molar-refractivity contribution in [3.05, 3.63) is 103 Å². The van der Waals surface area contributed by atoms with Gasteiger partial charge >= 0.3 is 6.09 Å². The molecule has 9 nitrogen and oxygen atoms in total. The Kier molecular flexibility index (Phi) is 8.50. The zero-order valence-electron chi connectivity index (χ0n) is 26.0. The number of carbonyl (C=O) groups excluding carboxylic acids is 2. The number of nitrogens with two attached hydrogens (primary N) is 1. The molecule has 2 aliphatic heterocycles. The van der Waals surface area contributed by atoms with Gasteiger partial charge in [-0.1, -0.05) is 48.5 Å². The Hall–Kier alpha value is -4.44. The van der Waals surface area contributed by atoms with Crippen molar-refractivity contribution < 1.29 is 14.3 Å². The van der Waals surface area contributed by atoms with Crippen LogP contribution < -0.4 is 16.6 Å². The summed E-state index contributed by atoms with van der Waals surface area (Å²) in [5.74, 6) is -0.298. The van der Waals surface area contributed by atoms with Gasteiger partial charge in [0.15, 0.2) is 5.82 Å². The summed E-state index contributed by atoms with van der Waals surface area (Å²) in [7, 11) is 0. The van der Waals surface area contributed by atoms with E-state index in [1.165, 1.54) is 35.0 Å². The largest absolute Gasteiger partial charge is 0.444 e. The summed E-state index contributed by atoms with van der Waals surface area (Å²) in [6, 6.07) is 19.0. The van der Waals surface area contributed by atoms with Gasteiger partial charge in [0.2, 0.25) is 5.91 Å². The van der Waals surface area contributed by atoms with E-state index in [2.05, 4.69) is 58.8 Å². The third kappa shape index (κ3) is 6.81. The molecule has 10 heteroatoms. The van der Waals surface area contributed by atoms with Crippen LogP contribution in [0.5, 0.6) is 0 Å². The molecule has 0 bridgehead atoms. The van der Waals surface area contributed by atoms with Crippen molar-refractivity contribution in [2.75, 3.05) is 5.73 Å². The van der Waals surface area contributed by atoms with Crippen molar-refractivity contribution in [1.29, 1.82) is 0 Å². The van der Waals surface area contributed by atoms with Gasteiger partial charge in [-0.2, -0.15) is 0 Å². The maximum absolute atomic E-state index is 12.7. The minimum absolute atomic E-state index is 0.0947. The number of nitrogens with zero attached hydrogens (tertiary/aromatic N) is 3. The highest BCUT2D eigenvalue weighted by atomic mass is 32.1. The molecule has 1 unspecified atom stereocenters. The minimum Gasteiger partial charge on any atom is -0.444 e. The highest BCUT2D eigenvalue weighted by Gasteiger charge is 2.32. The molecule has 2 aromatic carbocycles. The van der Waals surface area contributed by atoms with Gasteiger partial charge in [0.1, 0.15) is 11.6 Å². The quantitative estimate of drug-likeness (QED) is 0.297. The standard InChI is InChI=1S/C20H25N5O4S.C15H14/c1-20(2,3)29-19(28)24-9-11-6-13(30-15(11)10-24)8-23-17(26)14-5-4-12-7-22-16(21)18(27)25(12)14;1-2-5-12(6-3-1)15-10-9-13-7-4-8-14(13)11-15/h6-7,14H,4-5,8-10H2,1-3H3,(H2,21,22)(H,23,26);1-3,5-6,9-11H,4,7-8H2. The average molecular weight is 626 g/mol. The fourth-order valence-electron chi connectivity index (χ4n) is 6.15. The van der Waals surface area contributed by atoms with Gasteiger partial charge in [-0.05, 0) is 86.8 Å². The molecule has 3 aliphatic rings. The third-order valence-corrected chi connectivity index (χ3v) is 9.49. The highest BCUT2D eigenvalue weighted by molar-refractivity contribution is 7.12. The molecule has 0 radical (unpaired) electrons. The summed E-state index contributed by atoms with van der Waals surface area (Å²) >= 11 is 1.57. The number of fused-ring (bicyclic) bond motifs is 3.